The van der Waals surface area contributed by atoms with Gasteiger partial charge in [0.2, 0.25) is 0 Å². The molecule has 1 unspecified atom stereocenters. The van der Waals surface area contributed by atoms with Crippen molar-refractivity contribution in [2.45, 2.75) is 40.2 Å². The lowest BCUT2D eigenvalue weighted by molar-refractivity contribution is 0.603. The third-order valence-electron chi connectivity index (χ3n) is 3.38. The number of nitrogens with zero attached hydrogens (tertiary/aromatic N) is 1. The molecule has 1 aromatic carbocycles. The van der Waals surface area contributed by atoms with Crippen LogP contribution in [-0.2, 0) is 6.42 Å². The van der Waals surface area contributed by atoms with Crippen molar-refractivity contribution in [3.8, 4) is 0 Å². The summed E-state index contributed by atoms with van der Waals surface area (Å²) in [6, 6.07) is 8.95. The van der Waals surface area contributed by atoms with Crippen LogP contribution < -0.4 is 5.32 Å². The van der Waals surface area contributed by atoms with Crippen LogP contribution in [0.1, 0.15) is 46.6 Å². The highest BCUT2D eigenvalue weighted by Gasteiger charge is 2.14. The number of nitrogens with one attached hydrogen (secondary N) is 1. The van der Waals surface area contributed by atoms with Gasteiger partial charge in [0.1, 0.15) is 0 Å². The second-order valence-corrected chi connectivity index (χ2v) is 6.06. The smallest absolute Gasteiger partial charge is 0.0975 e. The molecule has 1 aromatic heterocycles. The SMILES string of the molecule is CCNC(C)c1sc(Cc2ccccc2C)nc1C. The molecule has 0 aliphatic carbocycles. The first-order valence-electron chi connectivity index (χ1n) is 6.86. The fourth-order valence-corrected chi connectivity index (χ4v) is 3.43. The standard InChI is InChI=1S/C16H22N2S/c1-5-17-12(3)16-13(4)18-15(19-16)10-14-9-7-6-8-11(14)2/h6-9,12,17H,5,10H2,1-4H3. The molecule has 0 amide bonds. The second kappa shape index (κ2) is 6.31. The lowest BCUT2D eigenvalue weighted by atomic mass is 10.1. The van der Waals surface area contributed by atoms with E-state index >= 15 is 0 Å². The quantitative estimate of drug-likeness (QED) is 0.890. The molecule has 0 aliphatic heterocycles. The maximum Gasteiger partial charge on any atom is 0.0975 e. The third-order valence-corrected chi connectivity index (χ3v) is 4.72. The van der Waals surface area contributed by atoms with Crippen LogP contribution in [0.25, 0.3) is 0 Å². The summed E-state index contributed by atoms with van der Waals surface area (Å²) in [6.07, 6.45) is 0.941. The fourth-order valence-electron chi connectivity index (χ4n) is 2.31. The van der Waals surface area contributed by atoms with Gasteiger partial charge in [0.05, 0.1) is 10.7 Å². The van der Waals surface area contributed by atoms with Gasteiger partial charge in [0.15, 0.2) is 0 Å². The average molecular weight is 274 g/mol. The molecule has 0 saturated heterocycles. The molecule has 1 atom stereocenters. The van der Waals surface area contributed by atoms with E-state index in [9.17, 15) is 0 Å². The molecule has 0 fully saturated rings. The Bertz CT molecular complexity index is 545. The maximum absolute atomic E-state index is 4.73. The van der Waals surface area contributed by atoms with Gasteiger partial charge in [-0.15, -0.1) is 11.3 Å². The van der Waals surface area contributed by atoms with E-state index in [0.717, 1.165) is 13.0 Å². The summed E-state index contributed by atoms with van der Waals surface area (Å²) in [5.41, 5.74) is 3.89. The molecule has 102 valence electrons. The van der Waals surface area contributed by atoms with Crippen LogP contribution >= 0.6 is 11.3 Å². The average Bonchev–Trinajstić information content (AvgIpc) is 2.74. The van der Waals surface area contributed by atoms with Gasteiger partial charge in [-0.3, -0.25) is 0 Å². The van der Waals surface area contributed by atoms with Crippen LogP contribution in [0.4, 0.5) is 0 Å². The molecule has 2 rings (SSSR count). The van der Waals surface area contributed by atoms with E-state index in [-0.39, 0.29) is 0 Å². The van der Waals surface area contributed by atoms with E-state index < -0.39 is 0 Å². The predicted octanol–water partition coefficient (Wildman–Crippen LogP) is 4.02. The van der Waals surface area contributed by atoms with Crippen LogP contribution in [0.15, 0.2) is 24.3 Å². The number of benzene rings is 1. The van der Waals surface area contributed by atoms with Crippen molar-refractivity contribution >= 4 is 11.3 Å². The molecule has 2 nitrogen and oxygen atoms in total. The predicted molar refractivity (Wildman–Crippen MR) is 82.9 cm³/mol. The minimum atomic E-state index is 0.396. The maximum atomic E-state index is 4.73. The minimum Gasteiger partial charge on any atom is -0.310 e. The molecule has 0 spiro atoms. The number of thiazole rings is 1. The van der Waals surface area contributed by atoms with Gasteiger partial charge >= 0.3 is 0 Å². The minimum absolute atomic E-state index is 0.396. The van der Waals surface area contributed by atoms with E-state index in [0.29, 0.717) is 6.04 Å². The number of hydrogen-bond donors (Lipinski definition) is 1. The molecule has 19 heavy (non-hydrogen) atoms. The van der Waals surface area contributed by atoms with Gasteiger partial charge in [-0.2, -0.15) is 0 Å². The monoisotopic (exact) mass is 274 g/mol. The number of aryl methyl sites for hydroxylation is 2. The van der Waals surface area contributed by atoms with Gasteiger partial charge in [-0.1, -0.05) is 31.2 Å². The van der Waals surface area contributed by atoms with Crippen LogP contribution in [0, 0.1) is 13.8 Å². The first-order chi connectivity index (χ1) is 9.11. The Kier molecular flexibility index (Phi) is 4.72. The Hall–Kier alpha value is -1.19. The van der Waals surface area contributed by atoms with Gasteiger partial charge in [0, 0.05) is 17.3 Å². The third kappa shape index (κ3) is 3.43. The Balaban J connectivity index is 2.19. The zero-order valence-electron chi connectivity index (χ0n) is 12.2. The summed E-state index contributed by atoms with van der Waals surface area (Å²) in [5.74, 6) is 0. The highest BCUT2D eigenvalue weighted by atomic mass is 32.1. The van der Waals surface area contributed by atoms with Crippen molar-refractivity contribution in [1.29, 1.82) is 0 Å². The molecule has 0 radical (unpaired) electrons. The van der Waals surface area contributed by atoms with E-state index in [1.165, 1.54) is 26.7 Å². The molecule has 1 N–H and O–H groups in total. The van der Waals surface area contributed by atoms with Gasteiger partial charge in [-0.25, -0.2) is 4.98 Å². The van der Waals surface area contributed by atoms with Crippen molar-refractivity contribution in [2.75, 3.05) is 6.54 Å². The van der Waals surface area contributed by atoms with E-state index in [1.807, 2.05) is 11.3 Å². The van der Waals surface area contributed by atoms with Crippen molar-refractivity contribution < 1.29 is 0 Å². The zero-order valence-corrected chi connectivity index (χ0v) is 13.0. The molecule has 3 heteroatoms. The summed E-state index contributed by atoms with van der Waals surface area (Å²) in [6.45, 7) is 9.62. The topological polar surface area (TPSA) is 24.9 Å². The number of aromatic nitrogens is 1. The summed E-state index contributed by atoms with van der Waals surface area (Å²) in [4.78, 5) is 6.10. The van der Waals surface area contributed by atoms with Crippen molar-refractivity contribution in [3.63, 3.8) is 0 Å². The first kappa shape index (κ1) is 14.2. The Morgan fingerprint density at radius 3 is 2.68 bits per heavy atom. The molecule has 1 heterocycles. The van der Waals surface area contributed by atoms with E-state index in [1.54, 1.807) is 0 Å². The Morgan fingerprint density at radius 2 is 2.00 bits per heavy atom. The summed E-state index contributed by atoms with van der Waals surface area (Å²) in [5, 5.41) is 4.68. The first-order valence-corrected chi connectivity index (χ1v) is 7.67. The molecule has 0 aliphatic rings. The summed E-state index contributed by atoms with van der Waals surface area (Å²) >= 11 is 1.84. The fraction of sp³-hybridized carbons (Fsp3) is 0.438. The van der Waals surface area contributed by atoms with Crippen LogP contribution in [0.3, 0.4) is 0 Å². The lowest BCUT2D eigenvalue weighted by Gasteiger charge is -2.10. The molecule has 2 aromatic rings. The van der Waals surface area contributed by atoms with Gasteiger partial charge in [-0.05, 0) is 38.4 Å². The number of hydrogen-bond acceptors (Lipinski definition) is 3. The van der Waals surface area contributed by atoms with Gasteiger partial charge < -0.3 is 5.32 Å². The molecular weight excluding hydrogens is 252 g/mol. The van der Waals surface area contributed by atoms with E-state index in [4.69, 9.17) is 4.98 Å². The van der Waals surface area contributed by atoms with Crippen LogP contribution in [0.5, 0.6) is 0 Å². The van der Waals surface area contributed by atoms with Crippen molar-refractivity contribution in [2.24, 2.45) is 0 Å². The van der Waals surface area contributed by atoms with Crippen molar-refractivity contribution in [1.82, 2.24) is 10.3 Å². The largest absolute Gasteiger partial charge is 0.310 e. The van der Waals surface area contributed by atoms with Crippen molar-refractivity contribution in [3.05, 3.63) is 51.0 Å². The van der Waals surface area contributed by atoms with Crippen LogP contribution in [-0.4, -0.2) is 11.5 Å². The highest BCUT2D eigenvalue weighted by Crippen LogP contribution is 2.27. The molecule has 0 saturated carbocycles. The summed E-state index contributed by atoms with van der Waals surface area (Å²) < 4.78 is 0. The molecular formula is C16H22N2S. The normalized spacial score (nSPS) is 12.6. The summed E-state index contributed by atoms with van der Waals surface area (Å²) in [7, 11) is 0. The zero-order chi connectivity index (χ0) is 13.8. The Labute approximate surface area is 119 Å². The van der Waals surface area contributed by atoms with Crippen LogP contribution in [0.2, 0.25) is 0 Å². The number of rotatable bonds is 5. The second-order valence-electron chi connectivity index (χ2n) is 4.94. The van der Waals surface area contributed by atoms with E-state index in [2.05, 4.69) is 57.3 Å². The molecule has 0 bridgehead atoms. The highest BCUT2D eigenvalue weighted by molar-refractivity contribution is 7.11. The lowest BCUT2D eigenvalue weighted by Crippen LogP contribution is -2.17. The van der Waals surface area contributed by atoms with Gasteiger partial charge in [0.25, 0.3) is 0 Å². The Morgan fingerprint density at radius 1 is 1.26 bits per heavy atom.